The Bertz CT molecular complexity index is 1020. The smallest absolute Gasteiger partial charge is 0.325 e. The van der Waals surface area contributed by atoms with Gasteiger partial charge in [-0.1, -0.05) is 12.1 Å². The van der Waals surface area contributed by atoms with Crippen LogP contribution in [0, 0.1) is 15.5 Å². The van der Waals surface area contributed by atoms with E-state index < -0.39 is 46.3 Å². The van der Waals surface area contributed by atoms with Crippen molar-refractivity contribution in [2.45, 2.75) is 31.5 Å². The number of hydrogen-bond acceptors (Lipinski definition) is 9. The third-order valence-electron chi connectivity index (χ3n) is 6.12. The zero-order valence-electron chi connectivity index (χ0n) is 16.8. The van der Waals surface area contributed by atoms with Crippen molar-refractivity contribution in [1.82, 2.24) is 9.80 Å². The van der Waals surface area contributed by atoms with Crippen molar-refractivity contribution in [3.05, 3.63) is 45.6 Å². The standard InChI is InChI=1S/C20H19N3O8/c1-30-18(26)20(19(27)31-2)10-14(22-15(24)6-7-16(22)25)21-9-8-11-12(17(20)21)4-3-5-13(11)23(28)29/h3-5,8-9,14,17H,6-7,10H2,1-2H3/t14-,17-/m1/s1. The summed E-state index contributed by atoms with van der Waals surface area (Å²) in [6.07, 6.45) is 1.80. The number of nitro benzene ring substituents is 1. The number of rotatable bonds is 4. The van der Waals surface area contributed by atoms with Gasteiger partial charge >= 0.3 is 11.9 Å². The van der Waals surface area contributed by atoms with Gasteiger partial charge in [-0.3, -0.25) is 34.2 Å². The van der Waals surface area contributed by atoms with Gasteiger partial charge < -0.3 is 14.4 Å². The topological polar surface area (TPSA) is 136 Å². The molecule has 0 unspecified atom stereocenters. The third-order valence-corrected chi connectivity index (χ3v) is 6.12. The first-order chi connectivity index (χ1) is 14.8. The van der Waals surface area contributed by atoms with E-state index in [0.29, 0.717) is 5.56 Å². The molecule has 2 atom stereocenters. The van der Waals surface area contributed by atoms with E-state index in [4.69, 9.17) is 9.47 Å². The second kappa shape index (κ2) is 7.18. The minimum atomic E-state index is -1.94. The highest BCUT2D eigenvalue weighted by molar-refractivity contribution is 6.04. The minimum Gasteiger partial charge on any atom is -0.468 e. The summed E-state index contributed by atoms with van der Waals surface area (Å²) in [7, 11) is 2.23. The molecule has 0 N–H and O–H groups in total. The first-order valence-electron chi connectivity index (χ1n) is 9.52. The van der Waals surface area contributed by atoms with Crippen molar-refractivity contribution < 1.29 is 33.6 Å². The number of amides is 2. The van der Waals surface area contributed by atoms with Crippen LogP contribution in [-0.4, -0.2) is 58.9 Å². The highest BCUT2D eigenvalue weighted by atomic mass is 16.6. The van der Waals surface area contributed by atoms with Gasteiger partial charge in [-0.2, -0.15) is 0 Å². The van der Waals surface area contributed by atoms with Crippen LogP contribution in [0.25, 0.3) is 6.08 Å². The van der Waals surface area contributed by atoms with Crippen LogP contribution in [-0.2, 0) is 28.7 Å². The van der Waals surface area contributed by atoms with Crippen LogP contribution in [0.1, 0.15) is 36.4 Å². The van der Waals surface area contributed by atoms with Gasteiger partial charge in [0.15, 0.2) is 5.41 Å². The van der Waals surface area contributed by atoms with Gasteiger partial charge in [0.1, 0.15) is 6.17 Å². The maximum atomic E-state index is 13.0. The van der Waals surface area contributed by atoms with Crippen LogP contribution >= 0.6 is 0 Å². The molecule has 3 heterocycles. The molecule has 162 valence electrons. The van der Waals surface area contributed by atoms with Gasteiger partial charge in [0, 0.05) is 31.5 Å². The molecule has 2 fully saturated rings. The molecule has 3 aliphatic rings. The lowest BCUT2D eigenvalue weighted by Crippen LogP contribution is -2.46. The maximum absolute atomic E-state index is 13.0. The molecule has 0 aromatic heterocycles. The Hall–Kier alpha value is -3.76. The molecule has 0 spiro atoms. The maximum Gasteiger partial charge on any atom is 0.325 e. The number of esters is 2. The Balaban J connectivity index is 1.97. The normalized spacial score (nSPS) is 23.4. The molecule has 0 saturated carbocycles. The van der Waals surface area contributed by atoms with E-state index in [1.54, 1.807) is 11.0 Å². The van der Waals surface area contributed by atoms with E-state index in [0.717, 1.165) is 19.1 Å². The monoisotopic (exact) mass is 429 g/mol. The Labute approximate surface area is 176 Å². The number of carbonyl (C=O) groups is 4. The summed E-state index contributed by atoms with van der Waals surface area (Å²) in [4.78, 5) is 64.6. The molecule has 4 rings (SSSR count). The van der Waals surface area contributed by atoms with Crippen LogP contribution in [0.5, 0.6) is 0 Å². The first kappa shape index (κ1) is 20.5. The summed E-state index contributed by atoms with van der Waals surface area (Å²) < 4.78 is 9.91. The van der Waals surface area contributed by atoms with E-state index >= 15 is 0 Å². The van der Waals surface area contributed by atoms with Gasteiger partial charge in [0.25, 0.3) is 5.69 Å². The molecular formula is C20H19N3O8. The van der Waals surface area contributed by atoms with Crippen LogP contribution in [0.2, 0.25) is 0 Å². The van der Waals surface area contributed by atoms with Gasteiger partial charge in [0.05, 0.1) is 30.7 Å². The van der Waals surface area contributed by atoms with Crippen molar-refractivity contribution in [2.24, 2.45) is 5.41 Å². The van der Waals surface area contributed by atoms with Gasteiger partial charge in [-0.05, 0) is 11.6 Å². The zero-order valence-corrected chi connectivity index (χ0v) is 16.8. The molecule has 1 aromatic carbocycles. The Kier molecular flexibility index (Phi) is 4.75. The number of likely N-dealkylation sites (tertiary alicyclic amines) is 1. The number of nitrogens with zero attached hydrogens (tertiary/aromatic N) is 3. The molecule has 2 amide bonds. The molecule has 1 aromatic rings. The van der Waals surface area contributed by atoms with Crippen molar-refractivity contribution in [2.75, 3.05) is 14.2 Å². The Morgan fingerprint density at radius 1 is 1.13 bits per heavy atom. The molecular weight excluding hydrogens is 410 g/mol. The summed E-state index contributed by atoms with van der Waals surface area (Å²) in [6.45, 7) is 0. The Morgan fingerprint density at radius 2 is 1.74 bits per heavy atom. The summed E-state index contributed by atoms with van der Waals surface area (Å²) in [6, 6.07) is 3.27. The minimum absolute atomic E-state index is 0.0308. The quantitative estimate of drug-likeness (QED) is 0.227. The van der Waals surface area contributed by atoms with Gasteiger partial charge in [-0.25, -0.2) is 0 Å². The molecule has 2 saturated heterocycles. The lowest BCUT2D eigenvalue weighted by atomic mass is 9.74. The van der Waals surface area contributed by atoms with Crippen molar-refractivity contribution in [3.8, 4) is 0 Å². The SMILES string of the molecule is COC(=O)C1(C(=O)OC)C[C@@H](N2C(=O)CCC2=O)N2C=Cc3c(cccc3[N+](=O)[O-])[C@@H]21. The molecule has 11 heteroatoms. The predicted molar refractivity (Wildman–Crippen MR) is 103 cm³/mol. The van der Waals surface area contributed by atoms with E-state index in [1.807, 2.05) is 0 Å². The van der Waals surface area contributed by atoms with E-state index in [-0.39, 0.29) is 30.5 Å². The lowest BCUT2D eigenvalue weighted by molar-refractivity contribution is -0.385. The number of hydrogen-bond donors (Lipinski definition) is 0. The zero-order chi connectivity index (χ0) is 22.5. The van der Waals surface area contributed by atoms with Crippen molar-refractivity contribution in [1.29, 1.82) is 0 Å². The summed E-state index contributed by atoms with van der Waals surface area (Å²) in [5, 5.41) is 11.5. The van der Waals surface area contributed by atoms with Crippen LogP contribution in [0.15, 0.2) is 24.4 Å². The molecule has 31 heavy (non-hydrogen) atoms. The van der Waals surface area contributed by atoms with Crippen LogP contribution < -0.4 is 0 Å². The van der Waals surface area contributed by atoms with Crippen LogP contribution in [0.3, 0.4) is 0 Å². The number of ether oxygens (including phenoxy) is 2. The third kappa shape index (κ3) is 2.72. The number of nitro groups is 1. The number of benzene rings is 1. The number of fused-ring (bicyclic) bond motifs is 3. The fourth-order valence-corrected chi connectivity index (χ4v) is 4.84. The number of carbonyl (C=O) groups excluding carboxylic acids is 4. The molecule has 0 radical (unpaired) electrons. The summed E-state index contributed by atoms with van der Waals surface area (Å²) in [5.74, 6) is -2.66. The first-order valence-corrected chi connectivity index (χ1v) is 9.52. The Morgan fingerprint density at radius 3 is 2.29 bits per heavy atom. The highest BCUT2D eigenvalue weighted by Crippen LogP contribution is 2.56. The van der Waals surface area contributed by atoms with Gasteiger partial charge in [-0.15, -0.1) is 0 Å². The average Bonchev–Trinajstić information content (AvgIpc) is 3.29. The second-order valence-corrected chi connectivity index (χ2v) is 7.50. The second-order valence-electron chi connectivity index (χ2n) is 7.50. The van der Waals surface area contributed by atoms with Gasteiger partial charge in [0.2, 0.25) is 11.8 Å². The molecule has 3 aliphatic heterocycles. The average molecular weight is 429 g/mol. The number of imide groups is 1. The largest absolute Gasteiger partial charge is 0.468 e. The molecule has 11 nitrogen and oxygen atoms in total. The number of methoxy groups -OCH3 is 2. The highest BCUT2D eigenvalue weighted by Gasteiger charge is 2.66. The molecule has 0 aliphatic carbocycles. The summed E-state index contributed by atoms with van der Waals surface area (Å²) >= 11 is 0. The predicted octanol–water partition coefficient (Wildman–Crippen LogP) is 1.13. The molecule has 0 bridgehead atoms. The van der Waals surface area contributed by atoms with E-state index in [9.17, 15) is 29.3 Å². The van der Waals surface area contributed by atoms with Crippen molar-refractivity contribution in [3.63, 3.8) is 0 Å². The lowest BCUT2D eigenvalue weighted by Gasteiger charge is -2.38. The van der Waals surface area contributed by atoms with Crippen molar-refractivity contribution >= 4 is 35.5 Å². The van der Waals surface area contributed by atoms with Crippen LogP contribution in [0.4, 0.5) is 5.69 Å². The van der Waals surface area contributed by atoms with E-state index in [2.05, 4.69) is 0 Å². The summed E-state index contributed by atoms with van der Waals surface area (Å²) in [5.41, 5.74) is -1.58. The fraction of sp³-hybridized carbons (Fsp3) is 0.400. The van der Waals surface area contributed by atoms with E-state index in [1.165, 1.54) is 24.4 Å². The fourth-order valence-electron chi connectivity index (χ4n) is 4.84.